The van der Waals surface area contributed by atoms with Crippen molar-refractivity contribution in [2.75, 3.05) is 16.8 Å². The molecule has 22 heavy (non-hydrogen) atoms. The van der Waals surface area contributed by atoms with E-state index in [2.05, 4.69) is 51.9 Å². The van der Waals surface area contributed by atoms with Crippen LogP contribution in [0.1, 0.15) is 18.4 Å². The number of carbonyl (C=O) groups is 1. The lowest BCUT2D eigenvalue weighted by atomic mass is 10.2. The lowest BCUT2D eigenvalue weighted by Crippen LogP contribution is -2.30. The smallest absolute Gasteiger partial charge is 0.319 e. The van der Waals surface area contributed by atoms with Crippen molar-refractivity contribution < 1.29 is 4.79 Å². The molecule has 0 aromatic heterocycles. The Morgan fingerprint density at radius 2 is 1.82 bits per heavy atom. The van der Waals surface area contributed by atoms with Gasteiger partial charge in [0.2, 0.25) is 0 Å². The zero-order valence-corrected chi connectivity index (χ0v) is 12.4. The minimum absolute atomic E-state index is 0.109. The minimum atomic E-state index is -0.109. The Balaban J connectivity index is 1.47. The Bertz CT molecular complexity index is 692. The number of carbonyl (C=O) groups excluding carboxylic acids is 1. The summed E-state index contributed by atoms with van der Waals surface area (Å²) < 4.78 is 0. The fourth-order valence-electron chi connectivity index (χ4n) is 2.91. The summed E-state index contributed by atoms with van der Waals surface area (Å²) in [5, 5.41) is 5.81. The number of benzene rings is 2. The standard InChI is InChI=1S/C18H19N3O/c22-18(19-14-5-6-14)20-15-7-9-16(10-8-15)21-12-11-13-3-1-2-4-17(13)21/h1-4,7-10,14H,5-6,11-12H2,(H2,19,20,22). The molecule has 2 aromatic carbocycles. The first-order valence-electron chi connectivity index (χ1n) is 7.83. The van der Waals surface area contributed by atoms with Gasteiger partial charge in [0.15, 0.2) is 0 Å². The average Bonchev–Trinajstić information content (AvgIpc) is 3.24. The number of nitrogens with zero attached hydrogens (tertiary/aromatic N) is 1. The number of nitrogens with one attached hydrogen (secondary N) is 2. The van der Waals surface area contributed by atoms with Crippen molar-refractivity contribution in [3.8, 4) is 0 Å². The largest absolute Gasteiger partial charge is 0.341 e. The van der Waals surface area contributed by atoms with Gasteiger partial charge in [-0.15, -0.1) is 0 Å². The van der Waals surface area contributed by atoms with Gasteiger partial charge in [-0.05, 0) is 55.2 Å². The van der Waals surface area contributed by atoms with E-state index in [4.69, 9.17) is 0 Å². The van der Waals surface area contributed by atoms with E-state index in [1.165, 1.54) is 11.3 Å². The second-order valence-corrected chi connectivity index (χ2v) is 5.95. The Morgan fingerprint density at radius 3 is 2.59 bits per heavy atom. The highest BCUT2D eigenvalue weighted by atomic mass is 16.2. The van der Waals surface area contributed by atoms with E-state index in [-0.39, 0.29) is 6.03 Å². The quantitative estimate of drug-likeness (QED) is 0.907. The average molecular weight is 293 g/mol. The highest BCUT2D eigenvalue weighted by molar-refractivity contribution is 5.90. The molecule has 0 saturated heterocycles. The van der Waals surface area contributed by atoms with Gasteiger partial charge in [-0.2, -0.15) is 0 Å². The summed E-state index contributed by atoms with van der Waals surface area (Å²) in [7, 11) is 0. The van der Waals surface area contributed by atoms with Crippen LogP contribution in [0.15, 0.2) is 48.5 Å². The topological polar surface area (TPSA) is 44.4 Å². The van der Waals surface area contributed by atoms with Crippen molar-refractivity contribution in [2.24, 2.45) is 0 Å². The fraction of sp³-hybridized carbons (Fsp3) is 0.278. The normalized spacial score (nSPS) is 16.3. The van der Waals surface area contributed by atoms with Gasteiger partial charge < -0.3 is 15.5 Å². The number of fused-ring (bicyclic) bond motifs is 1. The van der Waals surface area contributed by atoms with Crippen LogP contribution in [0.2, 0.25) is 0 Å². The number of hydrogen-bond acceptors (Lipinski definition) is 2. The van der Waals surface area contributed by atoms with Crippen LogP contribution in [-0.4, -0.2) is 18.6 Å². The van der Waals surface area contributed by atoms with Crippen LogP contribution in [0.5, 0.6) is 0 Å². The maximum absolute atomic E-state index is 11.7. The Labute approximate surface area is 130 Å². The second-order valence-electron chi connectivity index (χ2n) is 5.95. The molecule has 2 aromatic rings. The molecule has 1 saturated carbocycles. The highest BCUT2D eigenvalue weighted by Crippen LogP contribution is 2.34. The van der Waals surface area contributed by atoms with Crippen LogP contribution in [0.4, 0.5) is 21.9 Å². The SMILES string of the molecule is O=C(Nc1ccc(N2CCc3ccccc32)cc1)NC1CC1. The van der Waals surface area contributed by atoms with E-state index in [0.717, 1.165) is 37.2 Å². The summed E-state index contributed by atoms with van der Waals surface area (Å²) in [6.07, 6.45) is 3.28. The van der Waals surface area contributed by atoms with E-state index < -0.39 is 0 Å². The van der Waals surface area contributed by atoms with Gasteiger partial charge >= 0.3 is 6.03 Å². The number of anilines is 3. The summed E-state index contributed by atoms with van der Waals surface area (Å²) in [6.45, 7) is 1.01. The molecule has 1 aliphatic heterocycles. The molecule has 2 amide bonds. The third kappa shape index (κ3) is 2.64. The Morgan fingerprint density at radius 1 is 1.05 bits per heavy atom. The van der Waals surface area contributed by atoms with Crippen molar-refractivity contribution in [1.29, 1.82) is 0 Å². The molecule has 2 aliphatic rings. The fourth-order valence-corrected chi connectivity index (χ4v) is 2.91. The first kappa shape index (κ1) is 13.2. The van der Waals surface area contributed by atoms with E-state index in [1.807, 2.05) is 12.1 Å². The monoisotopic (exact) mass is 293 g/mol. The third-order valence-corrected chi connectivity index (χ3v) is 4.24. The van der Waals surface area contributed by atoms with E-state index in [1.54, 1.807) is 0 Å². The molecule has 0 radical (unpaired) electrons. The lowest BCUT2D eigenvalue weighted by molar-refractivity contribution is 0.251. The number of para-hydroxylation sites is 1. The molecular formula is C18H19N3O. The van der Waals surface area contributed by atoms with Gasteiger partial charge in [0.1, 0.15) is 0 Å². The van der Waals surface area contributed by atoms with E-state index in [9.17, 15) is 4.79 Å². The first-order chi connectivity index (χ1) is 10.8. The molecule has 4 rings (SSSR count). The molecular weight excluding hydrogens is 274 g/mol. The van der Waals surface area contributed by atoms with Gasteiger partial charge in [0.25, 0.3) is 0 Å². The molecule has 0 bridgehead atoms. The Hall–Kier alpha value is -2.49. The molecule has 0 atom stereocenters. The second kappa shape index (κ2) is 5.37. The van der Waals surface area contributed by atoms with Crippen molar-refractivity contribution in [3.63, 3.8) is 0 Å². The molecule has 1 fully saturated rings. The van der Waals surface area contributed by atoms with E-state index >= 15 is 0 Å². The summed E-state index contributed by atoms with van der Waals surface area (Å²) >= 11 is 0. The summed E-state index contributed by atoms with van der Waals surface area (Å²) in [5.74, 6) is 0. The minimum Gasteiger partial charge on any atom is -0.341 e. The zero-order chi connectivity index (χ0) is 14.9. The number of urea groups is 1. The van der Waals surface area contributed by atoms with Gasteiger partial charge in [0, 0.05) is 29.6 Å². The van der Waals surface area contributed by atoms with Crippen molar-refractivity contribution in [3.05, 3.63) is 54.1 Å². The predicted octanol–water partition coefficient (Wildman–Crippen LogP) is 3.66. The van der Waals surface area contributed by atoms with Gasteiger partial charge in [-0.3, -0.25) is 0 Å². The molecule has 0 spiro atoms. The maximum atomic E-state index is 11.7. The van der Waals surface area contributed by atoms with Crippen LogP contribution in [0.3, 0.4) is 0 Å². The lowest BCUT2D eigenvalue weighted by Gasteiger charge is -2.20. The summed E-state index contributed by atoms with van der Waals surface area (Å²) in [5.41, 5.74) is 4.68. The van der Waals surface area contributed by atoms with Crippen molar-refractivity contribution in [2.45, 2.75) is 25.3 Å². The number of amides is 2. The van der Waals surface area contributed by atoms with Gasteiger partial charge in [-0.25, -0.2) is 4.79 Å². The van der Waals surface area contributed by atoms with Crippen LogP contribution in [0, 0.1) is 0 Å². The van der Waals surface area contributed by atoms with Gasteiger partial charge in [-0.1, -0.05) is 18.2 Å². The zero-order valence-electron chi connectivity index (χ0n) is 12.4. The van der Waals surface area contributed by atoms with Crippen molar-refractivity contribution in [1.82, 2.24) is 5.32 Å². The molecule has 1 heterocycles. The van der Waals surface area contributed by atoms with Crippen molar-refractivity contribution >= 4 is 23.1 Å². The predicted molar refractivity (Wildman–Crippen MR) is 88.8 cm³/mol. The third-order valence-electron chi connectivity index (χ3n) is 4.24. The maximum Gasteiger partial charge on any atom is 0.319 e. The molecule has 4 nitrogen and oxygen atoms in total. The van der Waals surface area contributed by atoms with Crippen LogP contribution < -0.4 is 15.5 Å². The Kier molecular flexibility index (Phi) is 3.22. The van der Waals surface area contributed by atoms with Crippen LogP contribution >= 0.6 is 0 Å². The molecule has 0 unspecified atom stereocenters. The first-order valence-corrected chi connectivity index (χ1v) is 7.83. The number of hydrogen-bond donors (Lipinski definition) is 2. The van der Waals surface area contributed by atoms with Crippen LogP contribution in [0.25, 0.3) is 0 Å². The van der Waals surface area contributed by atoms with Gasteiger partial charge in [0.05, 0.1) is 0 Å². The van der Waals surface area contributed by atoms with Crippen LogP contribution in [-0.2, 0) is 6.42 Å². The molecule has 2 N–H and O–H groups in total. The molecule has 4 heteroatoms. The summed E-state index contributed by atoms with van der Waals surface area (Å²) in [6, 6.07) is 16.8. The summed E-state index contributed by atoms with van der Waals surface area (Å²) in [4.78, 5) is 14.1. The highest BCUT2D eigenvalue weighted by Gasteiger charge is 2.23. The molecule has 1 aliphatic carbocycles. The number of rotatable bonds is 3. The van der Waals surface area contributed by atoms with E-state index in [0.29, 0.717) is 6.04 Å². The molecule has 112 valence electrons.